The molecule has 0 aliphatic carbocycles. The zero-order chi connectivity index (χ0) is 21.8. The van der Waals surface area contributed by atoms with E-state index in [4.69, 9.17) is 18.6 Å². The molecule has 1 aromatic carbocycles. The minimum Gasteiger partial charge on any atom is -0.507 e. The lowest BCUT2D eigenvalue weighted by Gasteiger charge is -2.23. The number of carbonyl (C=O) groups excluding carboxylic acids is 2. The summed E-state index contributed by atoms with van der Waals surface area (Å²) in [5.41, 5.74) is 0.271. The highest BCUT2D eigenvalue weighted by molar-refractivity contribution is 6.46. The summed E-state index contributed by atoms with van der Waals surface area (Å²) in [5, 5.41) is 11.0. The number of hydrogen-bond acceptors (Lipinski definition) is 7. The number of methoxy groups -OCH3 is 2. The summed E-state index contributed by atoms with van der Waals surface area (Å²) in [4.78, 5) is 27.0. The van der Waals surface area contributed by atoms with Crippen molar-refractivity contribution in [3.8, 4) is 11.5 Å². The number of Topliss-reactive ketones (excluding diaryl/α,β-unsaturated/α-hetero) is 1. The van der Waals surface area contributed by atoms with E-state index < -0.39 is 17.7 Å². The lowest BCUT2D eigenvalue weighted by atomic mass is 9.99. The van der Waals surface area contributed by atoms with Crippen LogP contribution < -0.4 is 9.47 Å². The number of aliphatic hydroxyl groups excluding tert-OH is 1. The van der Waals surface area contributed by atoms with Crippen molar-refractivity contribution in [2.24, 2.45) is 0 Å². The Labute approximate surface area is 174 Å². The maximum absolute atomic E-state index is 12.9. The van der Waals surface area contributed by atoms with Gasteiger partial charge in [0.2, 0.25) is 0 Å². The lowest BCUT2D eigenvalue weighted by Crippen LogP contribution is -2.33. The van der Waals surface area contributed by atoms with Crippen LogP contribution in [0.1, 0.15) is 31.2 Å². The van der Waals surface area contributed by atoms with Gasteiger partial charge < -0.3 is 28.6 Å². The fourth-order valence-corrected chi connectivity index (χ4v) is 3.38. The van der Waals surface area contributed by atoms with Gasteiger partial charge in [-0.2, -0.15) is 0 Å². The normalized spacial score (nSPS) is 18.3. The van der Waals surface area contributed by atoms with E-state index >= 15 is 0 Å². The predicted molar refractivity (Wildman–Crippen MR) is 108 cm³/mol. The van der Waals surface area contributed by atoms with Gasteiger partial charge in [0.1, 0.15) is 17.6 Å². The van der Waals surface area contributed by atoms with Crippen LogP contribution in [0.2, 0.25) is 0 Å². The number of likely N-dealkylation sites (tertiary alicyclic amines) is 1. The third kappa shape index (κ3) is 4.04. The lowest BCUT2D eigenvalue weighted by molar-refractivity contribution is -0.140. The molecule has 1 amide bonds. The Kier molecular flexibility index (Phi) is 6.47. The molecule has 8 heteroatoms. The molecule has 0 radical (unpaired) electrons. The fourth-order valence-electron chi connectivity index (χ4n) is 3.38. The molecule has 1 saturated heterocycles. The van der Waals surface area contributed by atoms with Gasteiger partial charge in [0.15, 0.2) is 11.5 Å². The maximum atomic E-state index is 12.9. The van der Waals surface area contributed by atoms with Gasteiger partial charge in [-0.05, 0) is 44.2 Å². The van der Waals surface area contributed by atoms with Crippen molar-refractivity contribution in [3.63, 3.8) is 0 Å². The number of hydrogen-bond donors (Lipinski definition) is 1. The number of furan rings is 1. The molecular weight excluding hydrogens is 390 g/mol. The Hall–Kier alpha value is -3.26. The van der Waals surface area contributed by atoms with E-state index in [1.54, 1.807) is 30.3 Å². The SMILES string of the molecule is COc1ccc(/C(O)=C2/C(=O)C(=O)N(CCOC(C)C)C2c2ccco2)cc1OC. The molecule has 30 heavy (non-hydrogen) atoms. The molecule has 1 aromatic heterocycles. The summed E-state index contributed by atoms with van der Waals surface area (Å²) < 4.78 is 21.5. The molecule has 0 spiro atoms. The molecule has 2 aromatic rings. The Bertz CT molecular complexity index is 946. The monoisotopic (exact) mass is 415 g/mol. The third-order valence-electron chi connectivity index (χ3n) is 4.79. The van der Waals surface area contributed by atoms with Crippen molar-refractivity contribution in [1.29, 1.82) is 0 Å². The second-order valence-corrected chi connectivity index (χ2v) is 7.00. The van der Waals surface area contributed by atoms with Gasteiger partial charge in [-0.1, -0.05) is 0 Å². The molecule has 1 fully saturated rings. The van der Waals surface area contributed by atoms with Gasteiger partial charge in [-0.3, -0.25) is 9.59 Å². The number of nitrogens with zero attached hydrogens (tertiary/aromatic N) is 1. The summed E-state index contributed by atoms with van der Waals surface area (Å²) in [6.45, 7) is 4.19. The summed E-state index contributed by atoms with van der Waals surface area (Å²) in [6.07, 6.45) is 1.44. The van der Waals surface area contributed by atoms with Crippen LogP contribution >= 0.6 is 0 Å². The molecule has 1 aliphatic heterocycles. The molecule has 1 unspecified atom stereocenters. The van der Waals surface area contributed by atoms with Crippen LogP contribution in [0.15, 0.2) is 46.6 Å². The first-order valence-corrected chi connectivity index (χ1v) is 9.54. The topological polar surface area (TPSA) is 98.4 Å². The first-order chi connectivity index (χ1) is 14.4. The van der Waals surface area contributed by atoms with Crippen molar-refractivity contribution in [1.82, 2.24) is 4.90 Å². The Morgan fingerprint density at radius 1 is 1.17 bits per heavy atom. The average Bonchev–Trinajstić information content (AvgIpc) is 3.35. The van der Waals surface area contributed by atoms with E-state index in [0.717, 1.165) is 0 Å². The third-order valence-corrected chi connectivity index (χ3v) is 4.79. The van der Waals surface area contributed by atoms with E-state index in [0.29, 0.717) is 22.8 Å². The van der Waals surface area contributed by atoms with Gasteiger partial charge >= 0.3 is 0 Å². The predicted octanol–water partition coefficient (Wildman–Crippen LogP) is 3.14. The van der Waals surface area contributed by atoms with Crippen LogP contribution in [-0.2, 0) is 14.3 Å². The van der Waals surface area contributed by atoms with Crippen molar-refractivity contribution >= 4 is 17.4 Å². The number of rotatable bonds is 8. The van der Waals surface area contributed by atoms with Crippen LogP contribution in [0.25, 0.3) is 5.76 Å². The molecule has 1 N–H and O–H groups in total. The van der Waals surface area contributed by atoms with E-state index in [2.05, 4.69) is 0 Å². The highest BCUT2D eigenvalue weighted by Gasteiger charge is 2.47. The molecule has 1 atom stereocenters. The van der Waals surface area contributed by atoms with E-state index in [9.17, 15) is 14.7 Å². The number of ketones is 1. The summed E-state index contributed by atoms with van der Waals surface area (Å²) >= 11 is 0. The van der Waals surface area contributed by atoms with Crippen LogP contribution in [-0.4, -0.2) is 55.2 Å². The van der Waals surface area contributed by atoms with Crippen LogP contribution in [0.4, 0.5) is 0 Å². The molecule has 8 nitrogen and oxygen atoms in total. The van der Waals surface area contributed by atoms with Crippen molar-refractivity contribution in [2.45, 2.75) is 26.0 Å². The quantitative estimate of drug-likeness (QED) is 0.402. The number of amides is 1. The van der Waals surface area contributed by atoms with Crippen molar-refractivity contribution in [2.75, 3.05) is 27.4 Å². The second kappa shape index (κ2) is 9.04. The van der Waals surface area contributed by atoms with Gasteiger partial charge in [0.25, 0.3) is 11.7 Å². The molecule has 1 aliphatic rings. The van der Waals surface area contributed by atoms with E-state index in [-0.39, 0.29) is 30.6 Å². The fraction of sp³-hybridized carbons (Fsp3) is 0.364. The Morgan fingerprint density at radius 2 is 1.90 bits per heavy atom. The van der Waals surface area contributed by atoms with Crippen LogP contribution in [0.5, 0.6) is 11.5 Å². The second-order valence-electron chi connectivity index (χ2n) is 7.00. The Morgan fingerprint density at radius 3 is 2.50 bits per heavy atom. The summed E-state index contributed by atoms with van der Waals surface area (Å²) in [5.74, 6) is -0.582. The van der Waals surface area contributed by atoms with Crippen molar-refractivity contribution < 1.29 is 33.3 Å². The van der Waals surface area contributed by atoms with E-state index in [1.807, 2.05) is 13.8 Å². The zero-order valence-electron chi connectivity index (χ0n) is 17.4. The first-order valence-electron chi connectivity index (χ1n) is 9.54. The Balaban J connectivity index is 2.06. The van der Waals surface area contributed by atoms with Gasteiger partial charge in [0, 0.05) is 12.1 Å². The number of benzene rings is 1. The van der Waals surface area contributed by atoms with Gasteiger partial charge in [0.05, 0.1) is 38.8 Å². The summed E-state index contributed by atoms with van der Waals surface area (Å²) in [6, 6.07) is 7.21. The van der Waals surface area contributed by atoms with Crippen molar-refractivity contribution in [3.05, 3.63) is 53.5 Å². The largest absolute Gasteiger partial charge is 0.507 e. The molecule has 2 heterocycles. The number of ether oxygens (including phenoxy) is 3. The first kappa shape index (κ1) is 21.4. The molecule has 0 saturated carbocycles. The van der Waals surface area contributed by atoms with Gasteiger partial charge in [-0.15, -0.1) is 0 Å². The highest BCUT2D eigenvalue weighted by Crippen LogP contribution is 2.40. The summed E-state index contributed by atoms with van der Waals surface area (Å²) in [7, 11) is 2.97. The minimum absolute atomic E-state index is 0.0179. The number of carbonyl (C=O) groups is 2. The molecule has 160 valence electrons. The average molecular weight is 415 g/mol. The zero-order valence-corrected chi connectivity index (χ0v) is 17.4. The standard InChI is InChI=1S/C22H25NO7/c1-13(2)29-11-9-23-19(16-6-5-10-30-16)18(21(25)22(23)26)20(24)14-7-8-15(27-3)17(12-14)28-4/h5-8,10,12-13,19,24H,9,11H2,1-4H3/b20-18-. The highest BCUT2D eigenvalue weighted by atomic mass is 16.5. The molecular formula is C22H25NO7. The van der Waals surface area contributed by atoms with Crippen LogP contribution in [0, 0.1) is 0 Å². The molecule has 0 bridgehead atoms. The minimum atomic E-state index is -0.858. The molecule has 3 rings (SSSR count). The van der Waals surface area contributed by atoms with Crippen LogP contribution in [0.3, 0.4) is 0 Å². The smallest absolute Gasteiger partial charge is 0.295 e. The number of aliphatic hydroxyl groups is 1. The van der Waals surface area contributed by atoms with E-state index in [1.165, 1.54) is 25.4 Å². The van der Waals surface area contributed by atoms with Gasteiger partial charge in [-0.25, -0.2) is 0 Å². The maximum Gasteiger partial charge on any atom is 0.295 e.